The average molecular weight is 391 g/mol. The van der Waals surface area contributed by atoms with Gasteiger partial charge in [0.15, 0.2) is 0 Å². The highest BCUT2D eigenvalue weighted by molar-refractivity contribution is 7.89. The third kappa shape index (κ3) is 5.39. The number of rotatable bonds is 5. The maximum Gasteiger partial charge on any atom is 0.238 e. The van der Waals surface area contributed by atoms with Crippen molar-refractivity contribution in [1.29, 1.82) is 0 Å². The number of primary sulfonamides is 1. The van der Waals surface area contributed by atoms with Crippen LogP contribution in [0.15, 0.2) is 17.0 Å². The van der Waals surface area contributed by atoms with Crippen LogP contribution >= 0.6 is 12.4 Å². The van der Waals surface area contributed by atoms with Crippen molar-refractivity contribution < 1.29 is 13.2 Å². The van der Waals surface area contributed by atoms with E-state index >= 15 is 0 Å². The second-order valence-electron chi connectivity index (χ2n) is 6.98. The van der Waals surface area contributed by atoms with Gasteiger partial charge in [0.05, 0.1) is 11.4 Å². The van der Waals surface area contributed by atoms with Gasteiger partial charge in [-0.25, -0.2) is 13.6 Å². The molecule has 1 aliphatic heterocycles. The minimum atomic E-state index is -3.82. The summed E-state index contributed by atoms with van der Waals surface area (Å²) in [6, 6.07) is 2.91. The van der Waals surface area contributed by atoms with Gasteiger partial charge in [-0.05, 0) is 62.0 Å². The van der Waals surface area contributed by atoms with Crippen molar-refractivity contribution in [2.45, 2.75) is 32.1 Å². The van der Waals surface area contributed by atoms with Crippen molar-refractivity contribution in [3.8, 4) is 0 Å². The molecule has 0 saturated carbocycles. The molecule has 0 bridgehead atoms. The third-order valence-electron chi connectivity index (χ3n) is 4.74. The number of likely N-dealkylation sites (tertiary alicyclic amines) is 1. The van der Waals surface area contributed by atoms with E-state index in [0.29, 0.717) is 12.2 Å². The van der Waals surface area contributed by atoms with E-state index in [4.69, 9.17) is 10.9 Å². The Kier molecular flexibility index (Phi) is 7.00. The number of aryl methyl sites for hydroxylation is 1. The van der Waals surface area contributed by atoms with Gasteiger partial charge >= 0.3 is 0 Å². The molecule has 142 valence electrons. The zero-order valence-electron chi connectivity index (χ0n) is 14.8. The van der Waals surface area contributed by atoms with Gasteiger partial charge in [-0.2, -0.15) is 0 Å². The van der Waals surface area contributed by atoms with Crippen LogP contribution in [0.4, 0.5) is 5.69 Å². The van der Waals surface area contributed by atoms with E-state index in [-0.39, 0.29) is 35.2 Å². The molecule has 1 aliphatic rings. The van der Waals surface area contributed by atoms with Crippen LogP contribution in [0, 0.1) is 19.3 Å². The highest BCUT2D eigenvalue weighted by atomic mass is 35.5. The van der Waals surface area contributed by atoms with E-state index < -0.39 is 10.0 Å². The van der Waals surface area contributed by atoms with Crippen LogP contribution in [0.25, 0.3) is 0 Å². The Morgan fingerprint density at radius 3 is 2.52 bits per heavy atom. The van der Waals surface area contributed by atoms with Gasteiger partial charge < -0.3 is 11.1 Å². The fourth-order valence-electron chi connectivity index (χ4n) is 2.94. The second-order valence-corrected chi connectivity index (χ2v) is 8.54. The molecular formula is C16H27ClN4O3S. The number of nitrogens with zero attached hydrogens (tertiary/aromatic N) is 1. The second kappa shape index (κ2) is 8.01. The quantitative estimate of drug-likeness (QED) is 0.692. The largest absolute Gasteiger partial charge is 0.330 e. The molecule has 1 atom stereocenters. The van der Waals surface area contributed by atoms with E-state index in [1.54, 1.807) is 6.92 Å². The summed E-state index contributed by atoms with van der Waals surface area (Å²) in [5.41, 5.74) is 7.90. The lowest BCUT2D eigenvalue weighted by atomic mass is 9.90. The first-order valence-electron chi connectivity index (χ1n) is 7.90. The maximum atomic E-state index is 12.3. The van der Waals surface area contributed by atoms with Crippen LogP contribution in [0.2, 0.25) is 0 Å². The lowest BCUT2D eigenvalue weighted by Crippen LogP contribution is -2.35. The Morgan fingerprint density at radius 2 is 2.00 bits per heavy atom. The molecule has 1 amide bonds. The summed E-state index contributed by atoms with van der Waals surface area (Å²) >= 11 is 0. The van der Waals surface area contributed by atoms with Gasteiger partial charge in [0.1, 0.15) is 0 Å². The highest BCUT2D eigenvalue weighted by Gasteiger charge is 2.33. The van der Waals surface area contributed by atoms with Crippen molar-refractivity contribution in [1.82, 2.24) is 4.90 Å². The fraction of sp³-hybridized carbons (Fsp3) is 0.562. The van der Waals surface area contributed by atoms with Crippen molar-refractivity contribution >= 4 is 34.0 Å². The predicted octanol–water partition coefficient (Wildman–Crippen LogP) is 0.982. The maximum absolute atomic E-state index is 12.3. The Morgan fingerprint density at radius 1 is 1.36 bits per heavy atom. The van der Waals surface area contributed by atoms with Crippen LogP contribution in [0.3, 0.4) is 0 Å². The number of nitrogens with one attached hydrogen (secondary N) is 1. The fourth-order valence-corrected chi connectivity index (χ4v) is 3.56. The molecule has 1 aromatic carbocycles. The number of hydrogen-bond acceptors (Lipinski definition) is 5. The Hall–Kier alpha value is -1.19. The number of amides is 1. The number of benzene rings is 1. The molecule has 2 rings (SSSR count). The molecule has 1 heterocycles. The van der Waals surface area contributed by atoms with Crippen molar-refractivity contribution in [3.05, 3.63) is 23.3 Å². The normalized spacial score (nSPS) is 21.0. The molecule has 5 N–H and O–H groups in total. The standard InChI is InChI=1S/C16H26N4O3S.ClH/c1-11-6-13(24(18,22)23)7-14(12(11)2)19-15(21)8-20-5-4-16(3,9-17)10-20;/h6-7H,4-5,8-10,17H2,1-3H3,(H,19,21)(H2,18,22,23);1H. The first-order chi connectivity index (χ1) is 11.0. The van der Waals surface area contributed by atoms with Crippen LogP contribution in [-0.2, 0) is 14.8 Å². The molecular weight excluding hydrogens is 364 g/mol. The number of sulfonamides is 1. The van der Waals surface area contributed by atoms with E-state index in [2.05, 4.69) is 17.1 Å². The lowest BCUT2D eigenvalue weighted by Gasteiger charge is -2.22. The average Bonchev–Trinajstić information content (AvgIpc) is 2.84. The molecule has 0 aromatic heterocycles. The third-order valence-corrected chi connectivity index (χ3v) is 5.63. The summed E-state index contributed by atoms with van der Waals surface area (Å²) in [5, 5.41) is 8.00. The molecule has 1 unspecified atom stereocenters. The van der Waals surface area contributed by atoms with E-state index in [1.807, 2.05) is 6.92 Å². The SMILES string of the molecule is Cc1cc(S(N)(=O)=O)cc(NC(=O)CN2CCC(C)(CN)C2)c1C.Cl. The molecule has 9 heteroatoms. The van der Waals surface area contributed by atoms with Gasteiger partial charge in [0, 0.05) is 12.2 Å². The molecule has 0 aliphatic carbocycles. The van der Waals surface area contributed by atoms with Crippen molar-refractivity contribution in [3.63, 3.8) is 0 Å². The zero-order chi connectivity index (χ0) is 18.1. The van der Waals surface area contributed by atoms with Crippen LogP contribution < -0.4 is 16.2 Å². The summed E-state index contributed by atoms with van der Waals surface area (Å²) in [6.07, 6.45) is 0.968. The summed E-state index contributed by atoms with van der Waals surface area (Å²) in [4.78, 5) is 14.4. The van der Waals surface area contributed by atoms with Gasteiger partial charge in [-0.1, -0.05) is 6.92 Å². The molecule has 1 saturated heterocycles. The van der Waals surface area contributed by atoms with Gasteiger partial charge in [-0.3, -0.25) is 9.69 Å². The summed E-state index contributed by atoms with van der Waals surface area (Å²) in [5.74, 6) is -0.176. The summed E-state index contributed by atoms with van der Waals surface area (Å²) < 4.78 is 23.1. The summed E-state index contributed by atoms with van der Waals surface area (Å²) in [6.45, 7) is 8.20. The monoisotopic (exact) mass is 390 g/mol. The summed E-state index contributed by atoms with van der Waals surface area (Å²) in [7, 11) is -3.82. The number of hydrogen-bond donors (Lipinski definition) is 3. The minimum absolute atomic E-state index is 0. The van der Waals surface area contributed by atoms with E-state index in [0.717, 1.165) is 30.6 Å². The topological polar surface area (TPSA) is 119 Å². The van der Waals surface area contributed by atoms with Crippen molar-refractivity contribution in [2.75, 3.05) is 31.5 Å². The molecule has 0 spiro atoms. The Balaban J connectivity index is 0.00000312. The number of carbonyl (C=O) groups excluding carboxylic acids is 1. The smallest absolute Gasteiger partial charge is 0.238 e. The van der Waals surface area contributed by atoms with Crippen LogP contribution in [0.5, 0.6) is 0 Å². The van der Waals surface area contributed by atoms with Gasteiger partial charge in [0.2, 0.25) is 15.9 Å². The molecule has 25 heavy (non-hydrogen) atoms. The molecule has 0 radical (unpaired) electrons. The van der Waals surface area contributed by atoms with Crippen LogP contribution in [0.1, 0.15) is 24.5 Å². The predicted molar refractivity (Wildman–Crippen MR) is 101 cm³/mol. The van der Waals surface area contributed by atoms with Gasteiger partial charge in [0.25, 0.3) is 0 Å². The van der Waals surface area contributed by atoms with Crippen LogP contribution in [-0.4, -0.2) is 45.4 Å². The molecule has 1 aromatic rings. The van der Waals surface area contributed by atoms with E-state index in [1.165, 1.54) is 12.1 Å². The number of halogens is 1. The van der Waals surface area contributed by atoms with Crippen molar-refractivity contribution in [2.24, 2.45) is 16.3 Å². The molecule has 7 nitrogen and oxygen atoms in total. The highest BCUT2D eigenvalue weighted by Crippen LogP contribution is 2.28. The zero-order valence-corrected chi connectivity index (χ0v) is 16.5. The van der Waals surface area contributed by atoms with E-state index in [9.17, 15) is 13.2 Å². The van der Waals surface area contributed by atoms with Gasteiger partial charge in [-0.15, -0.1) is 12.4 Å². The first-order valence-corrected chi connectivity index (χ1v) is 9.45. The molecule has 1 fully saturated rings. The Bertz CT molecular complexity index is 754. The lowest BCUT2D eigenvalue weighted by molar-refractivity contribution is -0.117. The number of anilines is 1. The Labute approximate surface area is 155 Å². The number of nitrogens with two attached hydrogens (primary N) is 2. The first kappa shape index (κ1) is 21.9. The minimum Gasteiger partial charge on any atom is -0.330 e. The number of carbonyl (C=O) groups is 1.